The number of unbranched alkanes of at least 4 members (excludes halogenated alkanes) is 3. The third kappa shape index (κ3) is 3.06. The van der Waals surface area contributed by atoms with E-state index >= 15 is 0 Å². The van der Waals surface area contributed by atoms with Gasteiger partial charge >= 0.3 is 6.03 Å². The number of aliphatic hydroxyl groups excluding tert-OH is 1. The van der Waals surface area contributed by atoms with Crippen LogP contribution < -0.4 is 10.6 Å². The summed E-state index contributed by atoms with van der Waals surface area (Å²) < 4.78 is 0. The Kier molecular flexibility index (Phi) is 4.76. The second-order valence-corrected chi connectivity index (χ2v) is 5.39. The summed E-state index contributed by atoms with van der Waals surface area (Å²) in [6, 6.07) is -0.254. The Hall–Kier alpha value is -1.14. The van der Waals surface area contributed by atoms with Gasteiger partial charge in [0.15, 0.2) is 0 Å². The highest BCUT2D eigenvalue weighted by Gasteiger charge is 2.51. The lowest BCUT2D eigenvalue weighted by molar-refractivity contribution is -0.131. The molecule has 1 unspecified atom stereocenters. The molecule has 0 aromatic carbocycles. The fraction of sp³-hybridized carbons (Fsp3) is 0.846. The highest BCUT2D eigenvalue weighted by molar-refractivity contribution is 6.07. The fourth-order valence-corrected chi connectivity index (χ4v) is 2.81. The Morgan fingerprint density at radius 1 is 1.21 bits per heavy atom. The van der Waals surface area contributed by atoms with E-state index in [1.165, 1.54) is 4.90 Å². The molecule has 108 valence electrons. The molecule has 19 heavy (non-hydrogen) atoms. The summed E-state index contributed by atoms with van der Waals surface area (Å²) >= 11 is 0. The van der Waals surface area contributed by atoms with E-state index in [1.54, 1.807) is 0 Å². The van der Waals surface area contributed by atoms with E-state index < -0.39 is 5.54 Å². The van der Waals surface area contributed by atoms with Crippen molar-refractivity contribution in [3.8, 4) is 0 Å². The minimum atomic E-state index is -0.694. The summed E-state index contributed by atoms with van der Waals surface area (Å²) in [5, 5.41) is 14.7. The number of urea groups is 1. The van der Waals surface area contributed by atoms with E-state index in [-0.39, 0.29) is 18.5 Å². The first kappa shape index (κ1) is 14.3. The van der Waals surface area contributed by atoms with Crippen LogP contribution in [0.2, 0.25) is 0 Å². The summed E-state index contributed by atoms with van der Waals surface area (Å²) in [4.78, 5) is 25.6. The molecule has 3 N–H and O–H groups in total. The van der Waals surface area contributed by atoms with Crippen molar-refractivity contribution in [1.29, 1.82) is 0 Å². The van der Waals surface area contributed by atoms with Gasteiger partial charge in [0.05, 0.1) is 0 Å². The van der Waals surface area contributed by atoms with Gasteiger partial charge in [-0.1, -0.05) is 12.8 Å². The van der Waals surface area contributed by atoms with Gasteiger partial charge in [-0.05, 0) is 32.2 Å². The molecule has 6 nitrogen and oxygen atoms in total. The molecular weight excluding hydrogens is 246 g/mol. The van der Waals surface area contributed by atoms with Gasteiger partial charge in [-0.2, -0.15) is 0 Å². The van der Waals surface area contributed by atoms with Gasteiger partial charge in [-0.3, -0.25) is 9.69 Å². The van der Waals surface area contributed by atoms with E-state index in [4.69, 9.17) is 5.11 Å². The Balaban J connectivity index is 1.84. The van der Waals surface area contributed by atoms with Crippen molar-refractivity contribution in [2.75, 3.05) is 26.2 Å². The zero-order valence-electron chi connectivity index (χ0n) is 11.3. The first-order valence-electron chi connectivity index (χ1n) is 7.15. The quantitative estimate of drug-likeness (QED) is 0.476. The van der Waals surface area contributed by atoms with Crippen LogP contribution in [-0.4, -0.2) is 53.7 Å². The highest BCUT2D eigenvalue weighted by atomic mass is 16.3. The third-order valence-electron chi connectivity index (χ3n) is 3.92. The number of nitrogens with one attached hydrogen (secondary N) is 2. The summed E-state index contributed by atoms with van der Waals surface area (Å²) in [6.45, 7) is 2.14. The number of aliphatic hydroxyl groups is 1. The SMILES string of the molecule is O=C1NC2(CCCNC2)C(=O)N1CCCCCCO. The summed E-state index contributed by atoms with van der Waals surface area (Å²) in [5.74, 6) is -0.0770. The Morgan fingerprint density at radius 2 is 2.00 bits per heavy atom. The number of amides is 3. The molecule has 2 rings (SSSR count). The van der Waals surface area contributed by atoms with Gasteiger partial charge in [0.2, 0.25) is 0 Å². The van der Waals surface area contributed by atoms with Crippen LogP contribution in [0.25, 0.3) is 0 Å². The molecule has 0 bridgehead atoms. The molecule has 2 saturated heterocycles. The number of carbonyl (C=O) groups is 2. The molecule has 6 heteroatoms. The van der Waals surface area contributed by atoms with E-state index in [1.807, 2.05) is 0 Å². The minimum Gasteiger partial charge on any atom is -0.396 e. The lowest BCUT2D eigenvalue weighted by Gasteiger charge is -2.31. The average molecular weight is 269 g/mol. The van der Waals surface area contributed by atoms with Crippen molar-refractivity contribution >= 4 is 11.9 Å². The van der Waals surface area contributed by atoms with Crippen LogP contribution in [0, 0.1) is 0 Å². The molecule has 0 saturated carbocycles. The molecule has 2 aliphatic heterocycles. The number of rotatable bonds is 6. The lowest BCUT2D eigenvalue weighted by Crippen LogP contribution is -2.57. The second-order valence-electron chi connectivity index (χ2n) is 5.39. The normalized spacial score (nSPS) is 27.1. The van der Waals surface area contributed by atoms with E-state index in [2.05, 4.69) is 10.6 Å². The number of nitrogens with zero attached hydrogens (tertiary/aromatic N) is 1. The Morgan fingerprint density at radius 3 is 2.68 bits per heavy atom. The van der Waals surface area contributed by atoms with Gasteiger partial charge in [-0.25, -0.2) is 4.79 Å². The van der Waals surface area contributed by atoms with Gasteiger partial charge in [-0.15, -0.1) is 0 Å². The number of hydrogen-bond donors (Lipinski definition) is 3. The number of piperidine rings is 1. The fourth-order valence-electron chi connectivity index (χ4n) is 2.81. The Labute approximate surface area is 113 Å². The van der Waals surface area contributed by atoms with E-state index in [0.29, 0.717) is 13.1 Å². The van der Waals surface area contributed by atoms with Crippen LogP contribution >= 0.6 is 0 Å². The van der Waals surface area contributed by atoms with Crippen molar-refractivity contribution in [2.24, 2.45) is 0 Å². The van der Waals surface area contributed by atoms with Crippen LogP contribution in [0.15, 0.2) is 0 Å². The molecule has 2 heterocycles. The van der Waals surface area contributed by atoms with Crippen LogP contribution in [0.1, 0.15) is 38.5 Å². The van der Waals surface area contributed by atoms with Crippen molar-refractivity contribution in [1.82, 2.24) is 15.5 Å². The lowest BCUT2D eigenvalue weighted by atomic mass is 9.90. The highest BCUT2D eigenvalue weighted by Crippen LogP contribution is 2.25. The maximum absolute atomic E-state index is 12.4. The largest absolute Gasteiger partial charge is 0.396 e. The predicted molar refractivity (Wildman–Crippen MR) is 70.6 cm³/mol. The van der Waals surface area contributed by atoms with Crippen molar-refractivity contribution in [3.63, 3.8) is 0 Å². The predicted octanol–water partition coefficient (Wildman–Crippen LogP) is 0.213. The van der Waals surface area contributed by atoms with Crippen molar-refractivity contribution in [2.45, 2.75) is 44.1 Å². The zero-order valence-corrected chi connectivity index (χ0v) is 11.3. The molecule has 0 aromatic rings. The standard InChI is InChI=1S/C13H23N3O3/c17-9-4-2-1-3-8-16-11(18)13(15-12(16)19)6-5-7-14-10-13/h14,17H,1-10H2,(H,15,19). The zero-order chi connectivity index (χ0) is 13.7. The number of imide groups is 1. The first-order valence-corrected chi connectivity index (χ1v) is 7.15. The molecule has 1 atom stereocenters. The van der Waals surface area contributed by atoms with Crippen LogP contribution in [-0.2, 0) is 4.79 Å². The topological polar surface area (TPSA) is 81.7 Å². The summed E-state index contributed by atoms with van der Waals surface area (Å²) in [6.07, 6.45) is 5.11. The maximum Gasteiger partial charge on any atom is 0.325 e. The van der Waals surface area contributed by atoms with Crippen LogP contribution in [0.4, 0.5) is 4.79 Å². The van der Waals surface area contributed by atoms with Gasteiger partial charge < -0.3 is 15.7 Å². The summed E-state index contributed by atoms with van der Waals surface area (Å²) in [7, 11) is 0. The molecule has 0 aliphatic carbocycles. The molecule has 2 fully saturated rings. The van der Waals surface area contributed by atoms with E-state index in [0.717, 1.165) is 45.1 Å². The molecule has 0 aromatic heterocycles. The average Bonchev–Trinajstić information content (AvgIpc) is 2.63. The second kappa shape index (κ2) is 6.34. The van der Waals surface area contributed by atoms with Gasteiger partial charge in [0, 0.05) is 19.7 Å². The van der Waals surface area contributed by atoms with Crippen LogP contribution in [0.3, 0.4) is 0 Å². The Bertz CT molecular complexity index is 340. The van der Waals surface area contributed by atoms with Crippen LogP contribution in [0.5, 0.6) is 0 Å². The molecular formula is C13H23N3O3. The summed E-state index contributed by atoms with van der Waals surface area (Å²) in [5.41, 5.74) is -0.694. The van der Waals surface area contributed by atoms with Gasteiger partial charge in [0.25, 0.3) is 5.91 Å². The smallest absolute Gasteiger partial charge is 0.325 e. The molecule has 3 amide bonds. The van der Waals surface area contributed by atoms with Crippen molar-refractivity contribution in [3.05, 3.63) is 0 Å². The third-order valence-corrected chi connectivity index (χ3v) is 3.92. The van der Waals surface area contributed by atoms with Gasteiger partial charge in [0.1, 0.15) is 5.54 Å². The molecule has 2 aliphatic rings. The molecule has 1 spiro atoms. The van der Waals surface area contributed by atoms with Crippen molar-refractivity contribution < 1.29 is 14.7 Å². The number of hydrogen-bond acceptors (Lipinski definition) is 4. The monoisotopic (exact) mass is 269 g/mol. The number of carbonyl (C=O) groups excluding carboxylic acids is 2. The van der Waals surface area contributed by atoms with E-state index in [9.17, 15) is 9.59 Å². The maximum atomic E-state index is 12.4. The first-order chi connectivity index (χ1) is 9.19. The minimum absolute atomic E-state index is 0.0770. The molecule has 0 radical (unpaired) electrons.